The van der Waals surface area contributed by atoms with Crippen molar-refractivity contribution in [2.24, 2.45) is 5.92 Å². The van der Waals surface area contributed by atoms with Gasteiger partial charge in [-0.05, 0) is 31.6 Å². The van der Waals surface area contributed by atoms with E-state index in [9.17, 15) is 8.42 Å². The SMILES string of the molecule is CC(Br)C1CCN(S(=O)(=O)C2CCOCC2)CC1. The maximum Gasteiger partial charge on any atom is 0.217 e. The normalized spacial score (nSPS) is 27.2. The van der Waals surface area contributed by atoms with Crippen molar-refractivity contribution in [1.29, 1.82) is 0 Å². The molecule has 18 heavy (non-hydrogen) atoms. The fourth-order valence-corrected chi connectivity index (χ4v) is 5.23. The van der Waals surface area contributed by atoms with Crippen LogP contribution in [0.4, 0.5) is 0 Å². The first-order valence-electron chi connectivity index (χ1n) is 6.72. The molecular formula is C12H22BrNO3S. The lowest BCUT2D eigenvalue weighted by atomic mass is 9.96. The summed E-state index contributed by atoms with van der Waals surface area (Å²) in [5.74, 6) is 0.603. The Hall–Kier alpha value is 0.350. The van der Waals surface area contributed by atoms with Crippen LogP contribution in [0.2, 0.25) is 0 Å². The van der Waals surface area contributed by atoms with Crippen LogP contribution in [-0.2, 0) is 14.8 Å². The lowest BCUT2D eigenvalue weighted by molar-refractivity contribution is 0.0968. The second-order valence-electron chi connectivity index (χ2n) is 5.27. The van der Waals surface area contributed by atoms with Crippen LogP contribution in [0.25, 0.3) is 0 Å². The molecule has 0 aromatic heterocycles. The van der Waals surface area contributed by atoms with E-state index in [1.165, 1.54) is 0 Å². The minimum atomic E-state index is -3.10. The van der Waals surface area contributed by atoms with Gasteiger partial charge in [0.15, 0.2) is 0 Å². The molecule has 106 valence electrons. The molecule has 2 rings (SSSR count). The van der Waals surface area contributed by atoms with Crippen LogP contribution in [0.3, 0.4) is 0 Å². The lowest BCUT2D eigenvalue weighted by Crippen LogP contribution is -2.45. The second kappa shape index (κ2) is 6.20. The summed E-state index contributed by atoms with van der Waals surface area (Å²) < 4.78 is 31.9. The number of ether oxygens (including phenoxy) is 1. The third kappa shape index (κ3) is 3.26. The van der Waals surface area contributed by atoms with Crippen LogP contribution in [-0.4, -0.2) is 49.1 Å². The molecule has 0 bridgehead atoms. The molecule has 0 aliphatic carbocycles. The standard InChI is InChI=1S/C12H22BrNO3S/c1-10(13)11-2-6-14(7-3-11)18(15,16)12-4-8-17-9-5-12/h10-12H,2-9H2,1H3. The largest absolute Gasteiger partial charge is 0.381 e. The monoisotopic (exact) mass is 339 g/mol. The van der Waals surface area contributed by atoms with Crippen molar-refractivity contribution in [2.45, 2.75) is 42.7 Å². The van der Waals surface area contributed by atoms with E-state index >= 15 is 0 Å². The molecule has 0 saturated carbocycles. The molecule has 0 N–H and O–H groups in total. The molecule has 2 aliphatic heterocycles. The van der Waals surface area contributed by atoms with E-state index in [2.05, 4.69) is 22.9 Å². The van der Waals surface area contributed by atoms with Crippen molar-refractivity contribution in [3.63, 3.8) is 0 Å². The summed E-state index contributed by atoms with van der Waals surface area (Å²) in [6.45, 7) is 4.67. The highest BCUT2D eigenvalue weighted by Crippen LogP contribution is 2.29. The summed E-state index contributed by atoms with van der Waals surface area (Å²) in [5, 5.41) is -0.218. The van der Waals surface area contributed by atoms with Crippen molar-refractivity contribution in [1.82, 2.24) is 4.31 Å². The average Bonchev–Trinajstić information content (AvgIpc) is 2.40. The van der Waals surface area contributed by atoms with Crippen LogP contribution in [0, 0.1) is 5.92 Å². The molecule has 1 unspecified atom stereocenters. The topological polar surface area (TPSA) is 46.6 Å². The highest BCUT2D eigenvalue weighted by molar-refractivity contribution is 9.09. The van der Waals surface area contributed by atoms with Crippen LogP contribution < -0.4 is 0 Å². The van der Waals surface area contributed by atoms with E-state index in [4.69, 9.17) is 4.74 Å². The van der Waals surface area contributed by atoms with Gasteiger partial charge in [0.2, 0.25) is 10.0 Å². The lowest BCUT2D eigenvalue weighted by Gasteiger charge is -2.35. The van der Waals surface area contributed by atoms with Gasteiger partial charge in [-0.3, -0.25) is 0 Å². The number of sulfonamides is 1. The summed E-state index contributed by atoms with van der Waals surface area (Å²) >= 11 is 3.60. The predicted octanol–water partition coefficient (Wildman–Crippen LogP) is 1.99. The van der Waals surface area contributed by atoms with Crippen LogP contribution >= 0.6 is 15.9 Å². The Labute approximate surface area is 118 Å². The Bertz CT molecular complexity index is 358. The first kappa shape index (κ1) is 14.8. The highest BCUT2D eigenvalue weighted by Gasteiger charge is 2.35. The van der Waals surface area contributed by atoms with Gasteiger partial charge in [0.25, 0.3) is 0 Å². The van der Waals surface area contributed by atoms with Gasteiger partial charge < -0.3 is 4.74 Å². The Morgan fingerprint density at radius 3 is 2.22 bits per heavy atom. The molecule has 2 aliphatic rings. The first-order chi connectivity index (χ1) is 8.51. The molecule has 6 heteroatoms. The van der Waals surface area contributed by atoms with Crippen molar-refractivity contribution in [3.05, 3.63) is 0 Å². The van der Waals surface area contributed by atoms with Crippen molar-refractivity contribution in [3.8, 4) is 0 Å². The van der Waals surface area contributed by atoms with Crippen LogP contribution in [0.15, 0.2) is 0 Å². The zero-order valence-electron chi connectivity index (χ0n) is 10.8. The van der Waals surface area contributed by atoms with Gasteiger partial charge in [0, 0.05) is 31.1 Å². The summed E-state index contributed by atoms with van der Waals surface area (Å²) in [5.41, 5.74) is 0. The minimum absolute atomic E-state index is 0.218. The highest BCUT2D eigenvalue weighted by atomic mass is 79.9. The van der Waals surface area contributed by atoms with E-state index in [-0.39, 0.29) is 5.25 Å². The van der Waals surface area contributed by atoms with Gasteiger partial charge in [-0.25, -0.2) is 12.7 Å². The second-order valence-corrected chi connectivity index (χ2v) is 8.93. The fraction of sp³-hybridized carbons (Fsp3) is 1.00. The Kier molecular flexibility index (Phi) is 5.08. The molecule has 2 fully saturated rings. The zero-order valence-corrected chi connectivity index (χ0v) is 13.2. The molecule has 0 aromatic rings. The van der Waals surface area contributed by atoms with Crippen molar-refractivity contribution in [2.75, 3.05) is 26.3 Å². The van der Waals surface area contributed by atoms with E-state index < -0.39 is 10.0 Å². The van der Waals surface area contributed by atoms with Gasteiger partial charge in [0.05, 0.1) is 5.25 Å². The molecule has 0 spiro atoms. The smallest absolute Gasteiger partial charge is 0.217 e. The molecular weight excluding hydrogens is 318 g/mol. The van der Waals surface area contributed by atoms with Gasteiger partial charge in [0.1, 0.15) is 0 Å². The minimum Gasteiger partial charge on any atom is -0.381 e. The molecule has 1 atom stereocenters. The average molecular weight is 340 g/mol. The molecule has 0 radical (unpaired) electrons. The molecule has 0 aromatic carbocycles. The van der Waals surface area contributed by atoms with E-state index in [0.717, 1.165) is 12.8 Å². The third-order valence-corrected chi connectivity index (χ3v) is 7.24. The van der Waals surface area contributed by atoms with Crippen molar-refractivity contribution < 1.29 is 13.2 Å². The zero-order chi connectivity index (χ0) is 13.2. The van der Waals surface area contributed by atoms with Gasteiger partial charge >= 0.3 is 0 Å². The molecule has 4 nitrogen and oxygen atoms in total. The Balaban J connectivity index is 1.95. The number of rotatable bonds is 3. The van der Waals surface area contributed by atoms with Crippen LogP contribution in [0.1, 0.15) is 32.6 Å². The fourth-order valence-electron chi connectivity index (χ4n) is 2.77. The van der Waals surface area contributed by atoms with Gasteiger partial charge in [-0.2, -0.15) is 0 Å². The summed E-state index contributed by atoms with van der Waals surface area (Å²) in [4.78, 5) is 0.477. The summed E-state index contributed by atoms with van der Waals surface area (Å²) in [6, 6.07) is 0. The molecule has 2 saturated heterocycles. The quantitative estimate of drug-likeness (QED) is 0.738. The number of hydrogen-bond donors (Lipinski definition) is 0. The predicted molar refractivity (Wildman–Crippen MR) is 75.4 cm³/mol. The molecule has 0 amide bonds. The number of halogens is 1. The number of alkyl halides is 1. The number of hydrogen-bond acceptors (Lipinski definition) is 3. The van der Waals surface area contributed by atoms with E-state index in [1.54, 1.807) is 4.31 Å². The van der Waals surface area contributed by atoms with Gasteiger partial charge in [-0.15, -0.1) is 0 Å². The van der Waals surface area contributed by atoms with Crippen LogP contribution in [0.5, 0.6) is 0 Å². The Morgan fingerprint density at radius 2 is 1.72 bits per heavy atom. The maximum atomic E-state index is 12.5. The summed E-state index contributed by atoms with van der Waals surface area (Å²) in [6.07, 6.45) is 3.23. The number of piperidine rings is 1. The maximum absolute atomic E-state index is 12.5. The molecule has 2 heterocycles. The first-order valence-corrected chi connectivity index (χ1v) is 9.14. The van der Waals surface area contributed by atoms with E-state index in [1.807, 2.05) is 0 Å². The summed E-state index contributed by atoms with van der Waals surface area (Å²) in [7, 11) is -3.10. The number of nitrogens with zero attached hydrogens (tertiary/aromatic N) is 1. The van der Waals surface area contributed by atoms with E-state index in [0.29, 0.717) is 49.9 Å². The Morgan fingerprint density at radius 1 is 1.17 bits per heavy atom. The van der Waals surface area contributed by atoms with Crippen molar-refractivity contribution >= 4 is 26.0 Å². The van der Waals surface area contributed by atoms with Gasteiger partial charge in [-0.1, -0.05) is 22.9 Å². The third-order valence-electron chi connectivity index (χ3n) is 4.10.